The van der Waals surface area contributed by atoms with Gasteiger partial charge in [-0.2, -0.15) is 0 Å². The van der Waals surface area contributed by atoms with Gasteiger partial charge in [-0.15, -0.1) is 24.2 Å². The topological polar surface area (TPSA) is 107 Å². The van der Waals surface area contributed by atoms with E-state index in [4.69, 9.17) is 10.5 Å². The minimum Gasteiger partial charge on any atom is -0.490 e. The van der Waals surface area contributed by atoms with Gasteiger partial charge in [-0.25, -0.2) is 0 Å². The number of nitro groups is 1. The van der Waals surface area contributed by atoms with Crippen LogP contribution in [-0.2, 0) is 10.5 Å². The second-order valence-electron chi connectivity index (χ2n) is 6.56. The molecular formula is C18H28ClN3O4S. The highest BCUT2D eigenvalue weighted by Gasteiger charge is 2.24. The summed E-state index contributed by atoms with van der Waals surface area (Å²) in [5.74, 6) is 1.52. The van der Waals surface area contributed by atoms with E-state index in [1.807, 2.05) is 0 Å². The third-order valence-electron chi connectivity index (χ3n) is 4.76. The van der Waals surface area contributed by atoms with Crippen LogP contribution in [0.15, 0.2) is 18.2 Å². The maximum Gasteiger partial charge on any atom is 0.311 e. The summed E-state index contributed by atoms with van der Waals surface area (Å²) in [4.78, 5) is 22.8. The molecule has 3 N–H and O–H groups in total. The number of carbonyl (C=O) groups is 1. The van der Waals surface area contributed by atoms with Crippen molar-refractivity contribution < 1.29 is 14.5 Å². The fourth-order valence-corrected chi connectivity index (χ4v) is 4.17. The molecule has 0 radical (unpaired) electrons. The molecule has 1 aromatic carbocycles. The van der Waals surface area contributed by atoms with E-state index in [-0.39, 0.29) is 35.8 Å². The minimum atomic E-state index is -0.463. The summed E-state index contributed by atoms with van der Waals surface area (Å²) < 4.78 is 4.99. The van der Waals surface area contributed by atoms with Gasteiger partial charge in [0.25, 0.3) is 0 Å². The van der Waals surface area contributed by atoms with Gasteiger partial charge in [-0.1, -0.05) is 25.3 Å². The van der Waals surface area contributed by atoms with Crippen molar-refractivity contribution in [3.63, 3.8) is 0 Å². The van der Waals surface area contributed by atoms with Crippen LogP contribution < -0.4 is 15.8 Å². The Hall–Kier alpha value is -1.51. The number of rotatable bonds is 9. The molecule has 1 fully saturated rings. The molecule has 1 amide bonds. The third-order valence-corrected chi connectivity index (χ3v) is 5.76. The molecule has 0 aliphatic heterocycles. The molecule has 1 saturated carbocycles. The van der Waals surface area contributed by atoms with E-state index >= 15 is 0 Å². The monoisotopic (exact) mass is 417 g/mol. The Bertz CT molecular complexity index is 627. The summed E-state index contributed by atoms with van der Waals surface area (Å²) in [5.41, 5.74) is 6.58. The number of hydrogen-bond acceptors (Lipinski definition) is 6. The molecule has 0 spiro atoms. The van der Waals surface area contributed by atoms with Crippen molar-refractivity contribution in [3.8, 4) is 5.75 Å². The molecule has 7 nitrogen and oxygen atoms in total. The van der Waals surface area contributed by atoms with Crippen molar-refractivity contribution >= 4 is 35.8 Å². The summed E-state index contributed by atoms with van der Waals surface area (Å²) >= 11 is 1.43. The van der Waals surface area contributed by atoms with Crippen molar-refractivity contribution in [1.82, 2.24) is 5.32 Å². The molecule has 1 unspecified atom stereocenters. The second kappa shape index (κ2) is 12.0. The number of amides is 1. The number of benzene rings is 1. The zero-order valence-electron chi connectivity index (χ0n) is 15.5. The van der Waals surface area contributed by atoms with Gasteiger partial charge in [0, 0.05) is 24.4 Å². The molecule has 0 saturated heterocycles. The van der Waals surface area contributed by atoms with Crippen LogP contribution in [0.1, 0.15) is 37.7 Å². The average molecular weight is 418 g/mol. The summed E-state index contributed by atoms with van der Waals surface area (Å²) in [5, 5.41) is 14.1. The molecule has 0 aromatic heterocycles. The molecular weight excluding hydrogens is 390 g/mol. The van der Waals surface area contributed by atoms with Crippen molar-refractivity contribution in [3.05, 3.63) is 33.9 Å². The van der Waals surface area contributed by atoms with Crippen molar-refractivity contribution in [2.45, 2.75) is 43.9 Å². The van der Waals surface area contributed by atoms with E-state index in [1.165, 1.54) is 44.2 Å². The number of methoxy groups -OCH3 is 1. The van der Waals surface area contributed by atoms with E-state index in [2.05, 4.69) is 5.32 Å². The highest BCUT2D eigenvalue weighted by Crippen LogP contribution is 2.29. The van der Waals surface area contributed by atoms with Gasteiger partial charge in [0.15, 0.2) is 5.75 Å². The van der Waals surface area contributed by atoms with Crippen LogP contribution in [-0.4, -0.2) is 36.3 Å². The van der Waals surface area contributed by atoms with Gasteiger partial charge in [-0.3, -0.25) is 14.9 Å². The molecule has 9 heteroatoms. The fraction of sp³-hybridized carbons (Fsp3) is 0.611. The number of halogens is 1. The van der Waals surface area contributed by atoms with Crippen LogP contribution in [0.5, 0.6) is 5.75 Å². The Kier molecular flexibility index (Phi) is 10.5. The number of nitrogens with one attached hydrogen (secondary N) is 1. The van der Waals surface area contributed by atoms with Crippen LogP contribution in [0.2, 0.25) is 0 Å². The number of nitro benzene ring substituents is 1. The minimum absolute atomic E-state index is 0. The van der Waals surface area contributed by atoms with E-state index in [0.717, 1.165) is 18.4 Å². The van der Waals surface area contributed by atoms with Gasteiger partial charge in [0.2, 0.25) is 5.91 Å². The summed E-state index contributed by atoms with van der Waals surface area (Å²) in [6, 6.07) is 4.91. The van der Waals surface area contributed by atoms with Crippen LogP contribution in [0.3, 0.4) is 0 Å². The van der Waals surface area contributed by atoms with Gasteiger partial charge >= 0.3 is 5.69 Å². The summed E-state index contributed by atoms with van der Waals surface area (Å²) in [7, 11) is 1.40. The predicted octanol–water partition coefficient (Wildman–Crippen LogP) is 3.28. The number of nitrogens with two attached hydrogens (primary N) is 1. The first kappa shape index (κ1) is 23.5. The lowest BCUT2D eigenvalue weighted by Crippen LogP contribution is -2.46. The van der Waals surface area contributed by atoms with E-state index in [1.54, 1.807) is 12.1 Å². The quantitative estimate of drug-likeness (QED) is 0.471. The Labute approximate surface area is 170 Å². The van der Waals surface area contributed by atoms with E-state index < -0.39 is 4.92 Å². The molecule has 1 aliphatic carbocycles. The molecule has 1 aliphatic rings. The Morgan fingerprint density at radius 3 is 2.70 bits per heavy atom. The number of carbonyl (C=O) groups excluding carboxylic acids is 1. The van der Waals surface area contributed by atoms with Crippen molar-refractivity contribution in [1.29, 1.82) is 0 Å². The van der Waals surface area contributed by atoms with Crippen LogP contribution >= 0.6 is 24.2 Å². The molecule has 152 valence electrons. The lowest BCUT2D eigenvalue weighted by molar-refractivity contribution is -0.385. The number of thioether (sulfide) groups is 1. The average Bonchev–Trinajstić information content (AvgIpc) is 2.66. The predicted molar refractivity (Wildman–Crippen MR) is 111 cm³/mol. The maximum absolute atomic E-state index is 12.2. The normalized spacial score (nSPS) is 15.5. The van der Waals surface area contributed by atoms with E-state index in [0.29, 0.717) is 24.0 Å². The first-order chi connectivity index (χ1) is 12.5. The first-order valence-corrected chi connectivity index (χ1v) is 10.1. The lowest BCUT2D eigenvalue weighted by Gasteiger charge is -2.30. The number of hydrogen-bond donors (Lipinski definition) is 2. The number of ether oxygens (including phenoxy) is 1. The third kappa shape index (κ3) is 7.20. The lowest BCUT2D eigenvalue weighted by atomic mass is 9.84. The highest BCUT2D eigenvalue weighted by molar-refractivity contribution is 7.99. The number of nitrogens with zero attached hydrogens (tertiary/aromatic N) is 1. The smallest absolute Gasteiger partial charge is 0.311 e. The second-order valence-corrected chi connectivity index (χ2v) is 7.55. The van der Waals surface area contributed by atoms with Crippen LogP contribution in [0, 0.1) is 16.0 Å². The summed E-state index contributed by atoms with van der Waals surface area (Å²) in [6.07, 6.45) is 5.95. The van der Waals surface area contributed by atoms with Crippen molar-refractivity contribution in [2.75, 3.05) is 19.4 Å². The molecule has 0 heterocycles. The van der Waals surface area contributed by atoms with Crippen molar-refractivity contribution in [2.24, 2.45) is 11.7 Å². The van der Waals surface area contributed by atoms with Gasteiger partial charge in [0.1, 0.15) is 0 Å². The Balaban J connectivity index is 0.00000364. The Morgan fingerprint density at radius 1 is 1.41 bits per heavy atom. The standard InChI is InChI=1S/C18H27N3O4S.ClH/c1-25-17-8-7-13(9-16(17)21(23)24)11-26-12-18(22)20-15(10-19)14-5-3-2-4-6-14;/h7-9,14-15H,2-6,10-12,19H2,1H3,(H,20,22);1H. The molecule has 1 aromatic rings. The fourth-order valence-electron chi connectivity index (χ4n) is 3.38. The maximum atomic E-state index is 12.2. The van der Waals surface area contributed by atoms with Crippen LogP contribution in [0.25, 0.3) is 0 Å². The van der Waals surface area contributed by atoms with E-state index in [9.17, 15) is 14.9 Å². The Morgan fingerprint density at radius 2 is 2.11 bits per heavy atom. The highest BCUT2D eigenvalue weighted by atomic mass is 35.5. The van der Waals surface area contributed by atoms with Gasteiger partial charge < -0.3 is 15.8 Å². The zero-order valence-corrected chi connectivity index (χ0v) is 17.2. The van der Waals surface area contributed by atoms with Gasteiger partial charge in [0.05, 0.1) is 17.8 Å². The molecule has 27 heavy (non-hydrogen) atoms. The van der Waals surface area contributed by atoms with Crippen LogP contribution in [0.4, 0.5) is 5.69 Å². The molecule has 0 bridgehead atoms. The first-order valence-electron chi connectivity index (χ1n) is 8.93. The largest absolute Gasteiger partial charge is 0.490 e. The van der Waals surface area contributed by atoms with Gasteiger partial charge in [-0.05, 0) is 30.4 Å². The molecule has 2 rings (SSSR count). The molecule has 1 atom stereocenters. The zero-order chi connectivity index (χ0) is 18.9. The SMILES string of the molecule is COc1ccc(CSCC(=O)NC(CN)C2CCCCC2)cc1[N+](=O)[O-].Cl. The summed E-state index contributed by atoms with van der Waals surface area (Å²) in [6.45, 7) is 0.464.